The number of nitrogens with zero attached hydrogens (tertiary/aromatic N) is 3. The van der Waals surface area contributed by atoms with Gasteiger partial charge in [-0.25, -0.2) is 0 Å². The second-order valence-corrected chi connectivity index (χ2v) is 4.79. The van der Waals surface area contributed by atoms with Gasteiger partial charge in [0.1, 0.15) is 6.20 Å². The Morgan fingerprint density at radius 1 is 1.38 bits per heavy atom. The van der Waals surface area contributed by atoms with Gasteiger partial charge in [-0.1, -0.05) is 18.2 Å². The normalized spacial score (nSPS) is 10.4. The number of rotatable bonds is 5. The van der Waals surface area contributed by atoms with Crippen LogP contribution in [0.3, 0.4) is 0 Å². The molecule has 0 radical (unpaired) electrons. The Hall–Kier alpha value is -2.70. The highest BCUT2D eigenvalue weighted by Crippen LogP contribution is 2.19. The number of benzene rings is 1. The first-order chi connectivity index (χ1) is 9.97. The Morgan fingerprint density at radius 2 is 2.05 bits per heavy atom. The number of hydrogen-bond acceptors (Lipinski definition) is 4. The molecule has 7 nitrogen and oxygen atoms in total. The molecule has 2 aromatic rings. The summed E-state index contributed by atoms with van der Waals surface area (Å²) in [6, 6.07) is 5.80. The third-order valence-electron chi connectivity index (χ3n) is 3.15. The number of aromatic nitrogens is 2. The Balaban J connectivity index is 1.94. The lowest BCUT2D eigenvalue weighted by Crippen LogP contribution is -2.15. The van der Waals surface area contributed by atoms with Gasteiger partial charge in [-0.2, -0.15) is 0 Å². The van der Waals surface area contributed by atoms with Crippen LogP contribution in [-0.2, 0) is 11.3 Å². The molecule has 2 rings (SSSR count). The summed E-state index contributed by atoms with van der Waals surface area (Å²) in [5.41, 5.74) is 2.82. The van der Waals surface area contributed by atoms with E-state index in [1.54, 1.807) is 0 Å². The summed E-state index contributed by atoms with van der Waals surface area (Å²) in [7, 11) is 0. The number of carbonyl (C=O) groups excluding carboxylic acids is 1. The number of anilines is 1. The van der Waals surface area contributed by atoms with Crippen LogP contribution >= 0.6 is 0 Å². The average molecular weight is 288 g/mol. The van der Waals surface area contributed by atoms with Crippen LogP contribution in [-0.4, -0.2) is 20.4 Å². The minimum atomic E-state index is -0.562. The third-order valence-corrected chi connectivity index (χ3v) is 3.15. The van der Waals surface area contributed by atoms with E-state index in [9.17, 15) is 14.9 Å². The summed E-state index contributed by atoms with van der Waals surface area (Å²) in [5, 5.41) is 13.4. The maximum atomic E-state index is 12.0. The summed E-state index contributed by atoms with van der Waals surface area (Å²) >= 11 is 0. The number of imidazole rings is 1. The number of nitrogens with one attached hydrogen (secondary N) is 1. The maximum Gasteiger partial charge on any atom is 0.381 e. The van der Waals surface area contributed by atoms with Gasteiger partial charge in [0.2, 0.25) is 12.2 Å². The van der Waals surface area contributed by atoms with E-state index in [0.717, 1.165) is 16.8 Å². The number of carbonyl (C=O) groups is 1. The second-order valence-electron chi connectivity index (χ2n) is 4.79. The van der Waals surface area contributed by atoms with E-state index in [-0.39, 0.29) is 18.1 Å². The average Bonchev–Trinajstić information content (AvgIpc) is 2.90. The lowest BCUT2D eigenvalue weighted by molar-refractivity contribution is -0.389. The summed E-state index contributed by atoms with van der Waals surface area (Å²) in [4.78, 5) is 25.5. The van der Waals surface area contributed by atoms with Crippen LogP contribution in [0.25, 0.3) is 0 Å². The topological polar surface area (TPSA) is 90.1 Å². The Labute approximate surface area is 121 Å². The zero-order chi connectivity index (χ0) is 15.4. The van der Waals surface area contributed by atoms with Crippen molar-refractivity contribution in [3.05, 3.63) is 52.0 Å². The predicted octanol–water partition coefficient (Wildman–Crippen LogP) is 2.44. The molecular formula is C14H16N4O3. The van der Waals surface area contributed by atoms with Gasteiger partial charge in [0, 0.05) is 18.7 Å². The van der Waals surface area contributed by atoms with Crippen LogP contribution in [0.4, 0.5) is 11.5 Å². The first-order valence-corrected chi connectivity index (χ1v) is 6.49. The molecular weight excluding hydrogens is 272 g/mol. The molecule has 1 N–H and O–H groups in total. The van der Waals surface area contributed by atoms with Gasteiger partial charge in [0.25, 0.3) is 0 Å². The van der Waals surface area contributed by atoms with Gasteiger partial charge < -0.3 is 20.0 Å². The molecule has 0 spiro atoms. The van der Waals surface area contributed by atoms with Crippen molar-refractivity contribution >= 4 is 17.4 Å². The lowest BCUT2D eigenvalue weighted by Gasteiger charge is -2.11. The minimum absolute atomic E-state index is 0.135. The first-order valence-electron chi connectivity index (χ1n) is 6.49. The summed E-state index contributed by atoms with van der Waals surface area (Å²) in [5.74, 6) is -0.353. The molecule has 0 saturated heterocycles. The molecule has 0 unspecified atom stereocenters. The largest absolute Gasteiger partial charge is 0.381 e. The van der Waals surface area contributed by atoms with E-state index in [4.69, 9.17) is 0 Å². The number of nitro groups is 1. The van der Waals surface area contributed by atoms with Gasteiger partial charge in [0.05, 0.1) is 0 Å². The van der Waals surface area contributed by atoms with Gasteiger partial charge in [0.15, 0.2) is 0 Å². The van der Waals surface area contributed by atoms with Crippen molar-refractivity contribution in [2.75, 3.05) is 5.32 Å². The van der Waals surface area contributed by atoms with E-state index in [2.05, 4.69) is 10.3 Å². The SMILES string of the molecule is Cc1cccc(C)c1NC(=O)CCn1cnc([N+](=O)[O-])c1. The fourth-order valence-corrected chi connectivity index (χ4v) is 2.01. The third kappa shape index (κ3) is 3.65. The smallest absolute Gasteiger partial charge is 0.358 e. The molecule has 1 heterocycles. The quantitative estimate of drug-likeness (QED) is 0.675. The molecule has 7 heteroatoms. The number of aryl methyl sites for hydroxylation is 3. The van der Waals surface area contributed by atoms with Crippen molar-refractivity contribution in [2.24, 2.45) is 0 Å². The van der Waals surface area contributed by atoms with Crippen molar-refractivity contribution < 1.29 is 9.72 Å². The second kappa shape index (κ2) is 6.17. The van der Waals surface area contributed by atoms with E-state index >= 15 is 0 Å². The van der Waals surface area contributed by atoms with E-state index < -0.39 is 4.92 Å². The summed E-state index contributed by atoms with van der Waals surface area (Å²) in [6.45, 7) is 4.21. The number of para-hydroxylation sites is 1. The van der Waals surface area contributed by atoms with Crippen molar-refractivity contribution in [2.45, 2.75) is 26.8 Å². The van der Waals surface area contributed by atoms with Crippen LogP contribution in [0.15, 0.2) is 30.7 Å². The van der Waals surface area contributed by atoms with Gasteiger partial charge in [-0.15, -0.1) is 0 Å². The van der Waals surface area contributed by atoms with E-state index in [0.29, 0.717) is 6.54 Å². The first kappa shape index (κ1) is 14.7. The van der Waals surface area contributed by atoms with Gasteiger partial charge in [-0.05, 0) is 34.9 Å². The number of amides is 1. The van der Waals surface area contributed by atoms with Crippen LogP contribution in [0.2, 0.25) is 0 Å². The highest BCUT2D eigenvalue weighted by Gasteiger charge is 2.11. The summed E-state index contributed by atoms with van der Waals surface area (Å²) < 4.78 is 1.53. The molecule has 1 aromatic heterocycles. The highest BCUT2D eigenvalue weighted by molar-refractivity contribution is 5.92. The summed E-state index contributed by atoms with van der Waals surface area (Å²) in [6.07, 6.45) is 2.89. The van der Waals surface area contributed by atoms with Crippen molar-refractivity contribution in [3.63, 3.8) is 0 Å². The van der Waals surface area contributed by atoms with Gasteiger partial charge >= 0.3 is 5.82 Å². The van der Waals surface area contributed by atoms with Crippen LogP contribution in [0, 0.1) is 24.0 Å². The molecule has 0 fully saturated rings. The standard InChI is InChI=1S/C14H16N4O3/c1-10-4-3-5-11(2)14(10)16-13(19)6-7-17-8-12(15-9-17)18(20)21/h3-5,8-9H,6-7H2,1-2H3,(H,16,19). The van der Waals surface area contributed by atoms with E-state index in [1.165, 1.54) is 17.1 Å². The zero-order valence-corrected chi connectivity index (χ0v) is 11.9. The molecule has 0 aliphatic rings. The fourth-order valence-electron chi connectivity index (χ4n) is 2.01. The molecule has 0 aliphatic carbocycles. The minimum Gasteiger partial charge on any atom is -0.358 e. The molecule has 1 aromatic carbocycles. The predicted molar refractivity (Wildman–Crippen MR) is 78.0 cm³/mol. The zero-order valence-electron chi connectivity index (χ0n) is 11.9. The Morgan fingerprint density at radius 3 is 2.62 bits per heavy atom. The van der Waals surface area contributed by atoms with Crippen molar-refractivity contribution in [3.8, 4) is 0 Å². The van der Waals surface area contributed by atoms with Crippen LogP contribution in [0.5, 0.6) is 0 Å². The number of hydrogen-bond donors (Lipinski definition) is 1. The Kier molecular flexibility index (Phi) is 4.32. The lowest BCUT2D eigenvalue weighted by atomic mass is 10.1. The Bertz CT molecular complexity index is 658. The highest BCUT2D eigenvalue weighted by atomic mass is 16.6. The molecule has 0 atom stereocenters. The fraction of sp³-hybridized carbons (Fsp3) is 0.286. The van der Waals surface area contributed by atoms with Crippen molar-refractivity contribution in [1.29, 1.82) is 0 Å². The molecule has 0 aliphatic heterocycles. The molecule has 21 heavy (non-hydrogen) atoms. The van der Waals surface area contributed by atoms with Gasteiger partial charge in [-0.3, -0.25) is 4.79 Å². The van der Waals surface area contributed by atoms with Crippen LogP contribution < -0.4 is 5.32 Å². The molecule has 110 valence electrons. The van der Waals surface area contributed by atoms with E-state index in [1.807, 2.05) is 32.0 Å². The molecule has 1 amide bonds. The van der Waals surface area contributed by atoms with Crippen molar-refractivity contribution in [1.82, 2.24) is 9.55 Å². The molecule has 0 saturated carbocycles. The monoisotopic (exact) mass is 288 g/mol. The van der Waals surface area contributed by atoms with Crippen LogP contribution in [0.1, 0.15) is 17.5 Å². The maximum absolute atomic E-state index is 12.0. The molecule has 0 bridgehead atoms.